The molecule has 0 unspecified atom stereocenters. The van der Waals surface area contributed by atoms with Crippen LogP contribution >= 0.6 is 0 Å². The van der Waals surface area contributed by atoms with Crippen LogP contribution in [0.25, 0.3) is 0 Å². The van der Waals surface area contributed by atoms with Crippen molar-refractivity contribution in [1.82, 2.24) is 5.32 Å². The number of ketones is 1. The second kappa shape index (κ2) is 7.31. The van der Waals surface area contributed by atoms with Crippen molar-refractivity contribution in [2.45, 2.75) is 13.3 Å². The number of carbonyl (C=O) groups is 2. The van der Waals surface area contributed by atoms with Gasteiger partial charge in [0.15, 0.2) is 0 Å². The molecule has 2 aromatic rings. The maximum Gasteiger partial charge on any atom is 0.252 e. The van der Waals surface area contributed by atoms with E-state index in [0.717, 1.165) is 6.42 Å². The normalized spacial score (nSPS) is 10.0. The highest BCUT2D eigenvalue weighted by atomic mass is 16.2. The Morgan fingerprint density at radius 2 is 1.55 bits per heavy atom. The number of benzene rings is 2. The summed E-state index contributed by atoms with van der Waals surface area (Å²) in [6.07, 6.45) is 0.821. The number of hydrogen-bond donors (Lipinski definition) is 2. The van der Waals surface area contributed by atoms with E-state index in [0.29, 0.717) is 17.7 Å². The van der Waals surface area contributed by atoms with Gasteiger partial charge in [0.1, 0.15) is 5.71 Å². The number of amides is 1. The third-order valence-corrected chi connectivity index (χ3v) is 3.24. The molecule has 2 aromatic carbocycles. The molecule has 0 aliphatic carbocycles. The zero-order valence-electron chi connectivity index (χ0n) is 12.4. The minimum atomic E-state index is -0.451. The van der Waals surface area contributed by atoms with Crippen LogP contribution in [0, 0.1) is 5.41 Å². The molecule has 0 saturated carbocycles. The SMILES string of the molecule is CCCNC(=O)c1ccccc1C(=O)C(=N)c1ccccc1. The summed E-state index contributed by atoms with van der Waals surface area (Å²) in [5, 5.41) is 10.8. The molecular weight excluding hydrogens is 276 g/mol. The lowest BCUT2D eigenvalue weighted by atomic mass is 9.96. The number of Topliss-reactive ketones (excluding diaryl/α,β-unsaturated/α-hetero) is 1. The lowest BCUT2D eigenvalue weighted by Gasteiger charge is -2.09. The van der Waals surface area contributed by atoms with Crippen molar-refractivity contribution in [3.05, 3.63) is 71.3 Å². The molecule has 0 spiro atoms. The molecular formula is C18H18N2O2. The first-order valence-electron chi connectivity index (χ1n) is 7.21. The molecule has 2 N–H and O–H groups in total. The third kappa shape index (κ3) is 3.47. The lowest BCUT2D eigenvalue weighted by Crippen LogP contribution is -2.27. The lowest BCUT2D eigenvalue weighted by molar-refractivity contribution is 0.0945. The molecule has 4 nitrogen and oxygen atoms in total. The number of rotatable bonds is 6. The highest BCUT2D eigenvalue weighted by Gasteiger charge is 2.20. The Morgan fingerprint density at radius 1 is 0.955 bits per heavy atom. The van der Waals surface area contributed by atoms with Gasteiger partial charge in [0.05, 0.1) is 5.56 Å². The van der Waals surface area contributed by atoms with E-state index in [1.165, 1.54) is 0 Å². The van der Waals surface area contributed by atoms with Gasteiger partial charge in [0.2, 0.25) is 5.78 Å². The van der Waals surface area contributed by atoms with E-state index in [1.807, 2.05) is 13.0 Å². The second-order valence-corrected chi connectivity index (χ2v) is 4.87. The fraction of sp³-hybridized carbons (Fsp3) is 0.167. The molecule has 0 bridgehead atoms. The monoisotopic (exact) mass is 294 g/mol. The van der Waals surface area contributed by atoms with Gasteiger partial charge in [0.25, 0.3) is 5.91 Å². The van der Waals surface area contributed by atoms with Crippen molar-refractivity contribution < 1.29 is 9.59 Å². The summed E-state index contributed by atoms with van der Waals surface area (Å²) in [4.78, 5) is 24.7. The van der Waals surface area contributed by atoms with Crippen LogP contribution in [0.5, 0.6) is 0 Å². The van der Waals surface area contributed by atoms with Crippen molar-refractivity contribution in [2.24, 2.45) is 0 Å². The molecule has 0 heterocycles. The van der Waals surface area contributed by atoms with Gasteiger partial charge in [0, 0.05) is 17.7 Å². The van der Waals surface area contributed by atoms with Crippen molar-refractivity contribution in [3.8, 4) is 0 Å². The zero-order valence-corrected chi connectivity index (χ0v) is 12.4. The number of nitrogens with one attached hydrogen (secondary N) is 2. The van der Waals surface area contributed by atoms with Crippen LogP contribution in [-0.4, -0.2) is 23.9 Å². The maximum absolute atomic E-state index is 12.5. The van der Waals surface area contributed by atoms with Crippen LogP contribution in [0.1, 0.15) is 39.6 Å². The van der Waals surface area contributed by atoms with E-state index in [4.69, 9.17) is 5.41 Å². The quantitative estimate of drug-likeness (QED) is 0.635. The van der Waals surface area contributed by atoms with Gasteiger partial charge in [-0.25, -0.2) is 0 Å². The topological polar surface area (TPSA) is 70.0 Å². The van der Waals surface area contributed by atoms with Gasteiger partial charge in [-0.05, 0) is 12.5 Å². The van der Waals surface area contributed by atoms with Crippen molar-refractivity contribution in [1.29, 1.82) is 5.41 Å². The molecule has 2 rings (SSSR count). The standard InChI is InChI=1S/C18H18N2O2/c1-2-12-20-18(22)15-11-7-6-10-14(15)17(21)16(19)13-8-4-3-5-9-13/h3-11,19H,2,12H2,1H3,(H,20,22). The van der Waals surface area contributed by atoms with Crippen LogP contribution < -0.4 is 5.32 Å². The second-order valence-electron chi connectivity index (χ2n) is 4.87. The van der Waals surface area contributed by atoms with Crippen LogP contribution in [0.3, 0.4) is 0 Å². The Bertz CT molecular complexity index is 693. The summed E-state index contributed by atoms with van der Waals surface area (Å²) in [5.74, 6) is -0.736. The van der Waals surface area contributed by atoms with Crippen LogP contribution in [0.15, 0.2) is 54.6 Å². The summed E-state index contributed by atoms with van der Waals surface area (Å²) in [6.45, 7) is 2.51. The van der Waals surface area contributed by atoms with Crippen molar-refractivity contribution >= 4 is 17.4 Å². The van der Waals surface area contributed by atoms with Crippen LogP contribution in [-0.2, 0) is 0 Å². The molecule has 22 heavy (non-hydrogen) atoms. The van der Waals surface area contributed by atoms with Gasteiger partial charge in [-0.2, -0.15) is 0 Å². The van der Waals surface area contributed by atoms with Gasteiger partial charge in [-0.1, -0.05) is 55.5 Å². The fourth-order valence-corrected chi connectivity index (χ4v) is 2.08. The first-order chi connectivity index (χ1) is 10.6. The summed E-state index contributed by atoms with van der Waals surface area (Å²) >= 11 is 0. The zero-order chi connectivity index (χ0) is 15.9. The Balaban J connectivity index is 2.30. The first-order valence-corrected chi connectivity index (χ1v) is 7.21. The number of carbonyl (C=O) groups excluding carboxylic acids is 2. The smallest absolute Gasteiger partial charge is 0.252 e. The largest absolute Gasteiger partial charge is 0.352 e. The van der Waals surface area contributed by atoms with Gasteiger partial charge < -0.3 is 5.32 Å². The molecule has 112 valence electrons. The summed E-state index contributed by atoms with van der Waals surface area (Å²) in [5.41, 5.74) is 0.985. The van der Waals surface area contributed by atoms with Crippen molar-refractivity contribution in [3.63, 3.8) is 0 Å². The Labute approximate surface area is 129 Å². The van der Waals surface area contributed by atoms with E-state index in [2.05, 4.69) is 5.32 Å². The predicted molar refractivity (Wildman–Crippen MR) is 86.7 cm³/mol. The van der Waals surface area contributed by atoms with E-state index in [1.54, 1.807) is 48.5 Å². The molecule has 0 atom stereocenters. The van der Waals surface area contributed by atoms with E-state index in [9.17, 15) is 9.59 Å². The Hall–Kier alpha value is -2.75. The van der Waals surface area contributed by atoms with Crippen LogP contribution in [0.4, 0.5) is 0 Å². The molecule has 0 fully saturated rings. The molecule has 0 saturated heterocycles. The van der Waals surface area contributed by atoms with Crippen LogP contribution in [0.2, 0.25) is 0 Å². The predicted octanol–water partition coefficient (Wildman–Crippen LogP) is 3.08. The molecule has 0 aromatic heterocycles. The Kier molecular flexibility index (Phi) is 5.20. The fourth-order valence-electron chi connectivity index (χ4n) is 2.08. The molecule has 0 aliphatic heterocycles. The van der Waals surface area contributed by atoms with Crippen molar-refractivity contribution in [2.75, 3.05) is 6.54 Å². The van der Waals surface area contributed by atoms with Gasteiger partial charge >= 0.3 is 0 Å². The maximum atomic E-state index is 12.5. The average Bonchev–Trinajstić information content (AvgIpc) is 2.59. The first kappa shape index (κ1) is 15.6. The van der Waals surface area contributed by atoms with E-state index >= 15 is 0 Å². The third-order valence-electron chi connectivity index (χ3n) is 3.24. The highest BCUT2D eigenvalue weighted by molar-refractivity contribution is 6.51. The molecule has 4 heteroatoms. The molecule has 0 aliphatic rings. The minimum absolute atomic E-state index is 0.114. The van der Waals surface area contributed by atoms with E-state index in [-0.39, 0.29) is 17.2 Å². The summed E-state index contributed by atoms with van der Waals surface area (Å²) in [7, 11) is 0. The summed E-state index contributed by atoms with van der Waals surface area (Å²) in [6, 6.07) is 15.4. The van der Waals surface area contributed by atoms with Gasteiger partial charge in [-0.15, -0.1) is 0 Å². The van der Waals surface area contributed by atoms with Gasteiger partial charge in [-0.3, -0.25) is 15.0 Å². The minimum Gasteiger partial charge on any atom is -0.352 e. The highest BCUT2D eigenvalue weighted by Crippen LogP contribution is 2.13. The van der Waals surface area contributed by atoms with E-state index < -0.39 is 5.78 Å². The Morgan fingerprint density at radius 3 is 2.18 bits per heavy atom. The summed E-state index contributed by atoms with van der Waals surface area (Å²) < 4.78 is 0. The number of hydrogen-bond acceptors (Lipinski definition) is 3. The average molecular weight is 294 g/mol. The molecule has 0 radical (unpaired) electrons. The molecule has 1 amide bonds.